The lowest BCUT2D eigenvalue weighted by atomic mass is 10.2. The predicted molar refractivity (Wildman–Crippen MR) is 116 cm³/mol. The molecule has 0 unspecified atom stereocenters. The third-order valence-electron chi connectivity index (χ3n) is 4.44. The Morgan fingerprint density at radius 3 is 2.73 bits per heavy atom. The van der Waals surface area contributed by atoms with Gasteiger partial charge in [-0.05, 0) is 37.6 Å². The first-order valence-electron chi connectivity index (χ1n) is 9.30. The lowest BCUT2D eigenvalue weighted by Gasteiger charge is -2.09. The molecule has 0 atom stereocenters. The van der Waals surface area contributed by atoms with Crippen molar-refractivity contribution in [1.29, 1.82) is 0 Å². The molecule has 30 heavy (non-hydrogen) atoms. The van der Waals surface area contributed by atoms with Crippen molar-refractivity contribution in [3.05, 3.63) is 56.8 Å². The second kappa shape index (κ2) is 8.27. The highest BCUT2D eigenvalue weighted by Crippen LogP contribution is 2.26. The average molecular weight is 412 g/mol. The number of aromatic nitrogens is 4. The van der Waals surface area contributed by atoms with Crippen LogP contribution < -0.4 is 21.4 Å². The molecule has 2 N–H and O–H groups in total. The van der Waals surface area contributed by atoms with Gasteiger partial charge >= 0.3 is 5.69 Å². The molecule has 10 nitrogen and oxygen atoms in total. The summed E-state index contributed by atoms with van der Waals surface area (Å²) in [6.45, 7) is 8.31. The standard InChI is InChI=1S/C20H24N6O4/c1-6-30-15-9-13(7-8-14(15)27)10-21-23-19-22-17-16(26(19)11-12(2)3)18(28)25(5)20(29)24(17)4/h7-10,27H,2,6,11H2,1,3-5H3,(H,22,23)/b21-10+. The number of hydrogen-bond donors (Lipinski definition) is 2. The number of phenols is 1. The smallest absolute Gasteiger partial charge is 0.332 e. The average Bonchev–Trinajstić information content (AvgIpc) is 3.05. The van der Waals surface area contributed by atoms with Crippen molar-refractivity contribution in [3.8, 4) is 11.5 Å². The molecule has 0 radical (unpaired) electrons. The van der Waals surface area contributed by atoms with E-state index >= 15 is 0 Å². The van der Waals surface area contributed by atoms with E-state index in [4.69, 9.17) is 4.74 Å². The van der Waals surface area contributed by atoms with E-state index in [0.29, 0.717) is 30.4 Å². The summed E-state index contributed by atoms with van der Waals surface area (Å²) in [6.07, 6.45) is 1.53. The molecule has 0 amide bonds. The van der Waals surface area contributed by atoms with Crippen molar-refractivity contribution < 1.29 is 9.84 Å². The number of nitrogens with zero attached hydrogens (tertiary/aromatic N) is 5. The molecule has 1 aromatic carbocycles. The van der Waals surface area contributed by atoms with E-state index in [1.807, 2.05) is 13.8 Å². The van der Waals surface area contributed by atoms with E-state index in [2.05, 4.69) is 22.1 Å². The number of nitrogens with one attached hydrogen (secondary N) is 1. The fourth-order valence-electron chi connectivity index (χ4n) is 3.00. The Hall–Kier alpha value is -3.82. The predicted octanol–water partition coefficient (Wildman–Crippen LogP) is 1.56. The zero-order valence-corrected chi connectivity index (χ0v) is 17.3. The Balaban J connectivity index is 2.03. The van der Waals surface area contributed by atoms with E-state index < -0.39 is 11.2 Å². The molecular weight excluding hydrogens is 388 g/mol. The van der Waals surface area contributed by atoms with Crippen LogP contribution in [0.25, 0.3) is 11.2 Å². The molecule has 3 rings (SSSR count). The van der Waals surface area contributed by atoms with Crippen LogP contribution in [0.3, 0.4) is 0 Å². The number of benzene rings is 1. The first kappa shape index (κ1) is 20.9. The largest absolute Gasteiger partial charge is 0.504 e. The number of allylic oxidation sites excluding steroid dienone is 1. The van der Waals surface area contributed by atoms with Gasteiger partial charge in [-0.1, -0.05) is 12.2 Å². The maximum atomic E-state index is 12.7. The molecular formula is C20H24N6O4. The third-order valence-corrected chi connectivity index (χ3v) is 4.44. The zero-order valence-electron chi connectivity index (χ0n) is 17.3. The molecule has 2 heterocycles. The number of phenolic OH excluding ortho intramolecular Hbond substituents is 1. The van der Waals surface area contributed by atoms with Crippen LogP contribution in [0.5, 0.6) is 11.5 Å². The van der Waals surface area contributed by atoms with Crippen LogP contribution in [-0.4, -0.2) is 36.6 Å². The second-order valence-electron chi connectivity index (χ2n) is 6.89. The number of hydrazone groups is 1. The van der Waals surface area contributed by atoms with Crippen LogP contribution in [0.2, 0.25) is 0 Å². The summed E-state index contributed by atoms with van der Waals surface area (Å²) in [7, 11) is 2.98. The van der Waals surface area contributed by atoms with E-state index in [9.17, 15) is 14.7 Å². The van der Waals surface area contributed by atoms with Gasteiger partial charge in [-0.3, -0.25) is 18.5 Å². The maximum absolute atomic E-state index is 12.7. The van der Waals surface area contributed by atoms with E-state index in [0.717, 1.165) is 10.1 Å². The monoisotopic (exact) mass is 412 g/mol. The number of hydrogen-bond acceptors (Lipinski definition) is 7. The summed E-state index contributed by atoms with van der Waals surface area (Å²) < 4.78 is 9.36. The molecule has 0 saturated heterocycles. The van der Waals surface area contributed by atoms with Gasteiger partial charge in [0.2, 0.25) is 5.95 Å². The summed E-state index contributed by atoms with van der Waals surface area (Å²) >= 11 is 0. The van der Waals surface area contributed by atoms with Crippen LogP contribution in [-0.2, 0) is 20.6 Å². The molecule has 158 valence electrons. The fraction of sp³-hybridized carbons (Fsp3) is 0.300. The topological polar surface area (TPSA) is 116 Å². The van der Waals surface area contributed by atoms with Crippen molar-refractivity contribution in [2.75, 3.05) is 12.0 Å². The van der Waals surface area contributed by atoms with E-state index in [1.165, 1.54) is 23.9 Å². The van der Waals surface area contributed by atoms with Crippen LogP contribution in [0.1, 0.15) is 19.4 Å². The number of fused-ring (bicyclic) bond motifs is 1. The number of aromatic hydroxyl groups is 1. The molecule has 0 fully saturated rings. The summed E-state index contributed by atoms with van der Waals surface area (Å²) in [5.41, 5.74) is 3.95. The molecule has 0 aliphatic rings. The minimum absolute atomic E-state index is 0.0435. The van der Waals surface area contributed by atoms with Gasteiger partial charge in [-0.2, -0.15) is 10.1 Å². The number of aryl methyl sites for hydroxylation is 1. The molecule has 3 aromatic rings. The third kappa shape index (κ3) is 3.84. The SMILES string of the molecule is C=C(C)Cn1c(N/N=C/c2ccc(O)c(OCC)c2)nc2c1c(=O)n(C)c(=O)n2C. The normalized spacial score (nSPS) is 11.3. The summed E-state index contributed by atoms with van der Waals surface area (Å²) in [5, 5.41) is 14.0. The Bertz CT molecular complexity index is 1270. The maximum Gasteiger partial charge on any atom is 0.332 e. The van der Waals surface area contributed by atoms with Crippen molar-refractivity contribution in [3.63, 3.8) is 0 Å². The first-order chi connectivity index (χ1) is 14.2. The summed E-state index contributed by atoms with van der Waals surface area (Å²) in [4.78, 5) is 29.3. The van der Waals surface area contributed by atoms with Crippen LogP contribution >= 0.6 is 0 Å². The fourth-order valence-corrected chi connectivity index (χ4v) is 3.00. The summed E-state index contributed by atoms with van der Waals surface area (Å²) in [6, 6.07) is 4.85. The molecule has 0 aliphatic heterocycles. The van der Waals surface area contributed by atoms with Gasteiger partial charge in [0.25, 0.3) is 5.56 Å². The summed E-state index contributed by atoms with van der Waals surface area (Å²) in [5.74, 6) is 0.697. The molecule has 0 aliphatic carbocycles. The molecule has 0 spiro atoms. The van der Waals surface area contributed by atoms with Gasteiger partial charge in [0.1, 0.15) is 0 Å². The number of anilines is 1. The van der Waals surface area contributed by atoms with Crippen molar-refractivity contribution in [2.45, 2.75) is 20.4 Å². The highest BCUT2D eigenvalue weighted by Gasteiger charge is 2.18. The molecule has 2 aromatic heterocycles. The van der Waals surface area contributed by atoms with Gasteiger partial charge in [0.05, 0.1) is 12.8 Å². The number of ether oxygens (including phenoxy) is 1. The first-order valence-corrected chi connectivity index (χ1v) is 9.30. The quantitative estimate of drug-likeness (QED) is 0.346. The Labute approximate surface area is 172 Å². The number of imidazole rings is 1. The molecule has 0 bridgehead atoms. The zero-order chi connectivity index (χ0) is 22.0. The van der Waals surface area contributed by atoms with Crippen LogP contribution in [0.4, 0.5) is 5.95 Å². The highest BCUT2D eigenvalue weighted by molar-refractivity contribution is 5.81. The van der Waals surface area contributed by atoms with Crippen molar-refractivity contribution >= 4 is 23.3 Å². The minimum atomic E-state index is -0.463. The van der Waals surface area contributed by atoms with Gasteiger partial charge in [0.15, 0.2) is 22.7 Å². The van der Waals surface area contributed by atoms with Crippen LogP contribution in [0, 0.1) is 0 Å². The molecule has 0 saturated carbocycles. The van der Waals surface area contributed by atoms with E-state index in [1.54, 1.807) is 23.7 Å². The minimum Gasteiger partial charge on any atom is -0.504 e. The van der Waals surface area contributed by atoms with Gasteiger partial charge in [-0.25, -0.2) is 10.2 Å². The Morgan fingerprint density at radius 2 is 2.07 bits per heavy atom. The van der Waals surface area contributed by atoms with Gasteiger partial charge in [0, 0.05) is 20.6 Å². The van der Waals surface area contributed by atoms with Crippen molar-refractivity contribution in [1.82, 2.24) is 18.7 Å². The Morgan fingerprint density at radius 1 is 1.33 bits per heavy atom. The highest BCUT2D eigenvalue weighted by atomic mass is 16.5. The van der Waals surface area contributed by atoms with E-state index in [-0.39, 0.29) is 16.9 Å². The van der Waals surface area contributed by atoms with Crippen LogP contribution in [0.15, 0.2) is 45.0 Å². The number of rotatable bonds is 7. The van der Waals surface area contributed by atoms with Gasteiger partial charge < -0.3 is 9.84 Å². The molecule has 10 heteroatoms. The lowest BCUT2D eigenvalue weighted by molar-refractivity contribution is 0.318. The van der Waals surface area contributed by atoms with Crippen molar-refractivity contribution in [2.24, 2.45) is 19.2 Å². The van der Waals surface area contributed by atoms with Gasteiger partial charge in [-0.15, -0.1) is 0 Å². The lowest BCUT2D eigenvalue weighted by Crippen LogP contribution is -2.37. The Kier molecular flexibility index (Phi) is 5.77. The second-order valence-corrected chi connectivity index (χ2v) is 6.89.